The van der Waals surface area contributed by atoms with Gasteiger partial charge in [-0.25, -0.2) is 22.3 Å². The number of carbonyl (C=O) groups excluding carboxylic acids is 1. The van der Waals surface area contributed by atoms with E-state index in [4.69, 9.17) is 4.74 Å². The fourth-order valence-electron chi connectivity index (χ4n) is 1.92. The van der Waals surface area contributed by atoms with Crippen LogP contribution < -0.4 is 4.72 Å². The number of sulfonamides is 1. The molecule has 0 aliphatic carbocycles. The Kier molecular flexibility index (Phi) is 5.12. The van der Waals surface area contributed by atoms with Crippen LogP contribution in [0, 0.1) is 5.82 Å². The van der Waals surface area contributed by atoms with Gasteiger partial charge in [0.25, 0.3) is 0 Å². The monoisotopic (exact) mass is 337 g/mol. The van der Waals surface area contributed by atoms with Crippen LogP contribution in [0.25, 0.3) is 0 Å². The van der Waals surface area contributed by atoms with E-state index in [1.54, 1.807) is 6.92 Å². The van der Waals surface area contributed by atoms with Gasteiger partial charge in [0, 0.05) is 0 Å². The molecule has 7 heteroatoms. The van der Waals surface area contributed by atoms with Crippen molar-refractivity contribution in [3.63, 3.8) is 0 Å². The third-order valence-electron chi connectivity index (χ3n) is 3.29. The van der Waals surface area contributed by atoms with Crippen molar-refractivity contribution >= 4 is 16.0 Å². The number of nitrogens with one attached hydrogen (secondary N) is 1. The van der Waals surface area contributed by atoms with Crippen molar-refractivity contribution in [3.05, 3.63) is 65.5 Å². The quantitative estimate of drug-likeness (QED) is 0.852. The van der Waals surface area contributed by atoms with E-state index in [1.807, 2.05) is 0 Å². The zero-order valence-corrected chi connectivity index (χ0v) is 13.4. The Morgan fingerprint density at radius 1 is 1.09 bits per heavy atom. The van der Waals surface area contributed by atoms with E-state index in [9.17, 15) is 17.6 Å². The summed E-state index contributed by atoms with van der Waals surface area (Å²) in [6.45, 7) is 1.67. The first kappa shape index (κ1) is 17.1. The molecule has 0 bridgehead atoms. The molecule has 2 aromatic rings. The Balaban J connectivity index is 2.10. The maximum atomic E-state index is 12.9. The second kappa shape index (κ2) is 6.89. The normalized spacial score (nSPS) is 12.7. The van der Waals surface area contributed by atoms with Gasteiger partial charge in [-0.1, -0.05) is 12.1 Å². The number of esters is 1. The first-order chi connectivity index (χ1) is 10.8. The molecule has 2 rings (SSSR count). The van der Waals surface area contributed by atoms with Gasteiger partial charge < -0.3 is 4.74 Å². The molecular formula is C16H16FNO4S. The number of rotatable bonds is 5. The van der Waals surface area contributed by atoms with Crippen LogP contribution in [-0.2, 0) is 14.8 Å². The van der Waals surface area contributed by atoms with Crippen molar-refractivity contribution in [1.29, 1.82) is 0 Å². The minimum atomic E-state index is -3.55. The highest BCUT2D eigenvalue weighted by Gasteiger charge is 2.16. The lowest BCUT2D eigenvalue weighted by atomic mass is 10.1. The molecule has 0 radical (unpaired) electrons. The van der Waals surface area contributed by atoms with Crippen LogP contribution in [0.2, 0.25) is 0 Å². The summed E-state index contributed by atoms with van der Waals surface area (Å²) >= 11 is 0. The largest absolute Gasteiger partial charge is 0.454 e. The summed E-state index contributed by atoms with van der Waals surface area (Å²) in [5.41, 5.74) is 0.892. The minimum Gasteiger partial charge on any atom is -0.454 e. The van der Waals surface area contributed by atoms with Crippen LogP contribution in [0.4, 0.5) is 4.39 Å². The summed E-state index contributed by atoms with van der Waals surface area (Å²) in [5.74, 6) is -0.955. The molecule has 0 fully saturated rings. The molecule has 0 heterocycles. The number of benzene rings is 2. The fraction of sp³-hybridized carbons (Fsp3) is 0.188. The van der Waals surface area contributed by atoms with Gasteiger partial charge in [0.2, 0.25) is 10.0 Å². The van der Waals surface area contributed by atoms with Gasteiger partial charge in [0.05, 0.1) is 10.5 Å². The molecule has 0 spiro atoms. The number of carbonyl (C=O) groups is 1. The minimum absolute atomic E-state index is 0.0585. The van der Waals surface area contributed by atoms with E-state index in [2.05, 4.69) is 4.72 Å². The first-order valence-corrected chi connectivity index (χ1v) is 8.32. The molecule has 1 atom stereocenters. The lowest BCUT2D eigenvalue weighted by Crippen LogP contribution is -2.18. The second-order valence-corrected chi connectivity index (χ2v) is 6.72. The maximum Gasteiger partial charge on any atom is 0.338 e. The molecule has 122 valence electrons. The fourth-order valence-corrected chi connectivity index (χ4v) is 2.65. The Labute approximate surface area is 134 Å². The highest BCUT2D eigenvalue weighted by atomic mass is 32.2. The van der Waals surface area contributed by atoms with Crippen molar-refractivity contribution in [2.45, 2.75) is 17.9 Å². The molecule has 5 nitrogen and oxygen atoms in total. The zero-order valence-electron chi connectivity index (χ0n) is 12.6. The summed E-state index contributed by atoms with van der Waals surface area (Å²) < 4.78 is 43.6. The third-order valence-corrected chi connectivity index (χ3v) is 4.72. The van der Waals surface area contributed by atoms with Crippen LogP contribution in [0.15, 0.2) is 53.4 Å². The molecule has 0 aliphatic rings. The molecular weight excluding hydrogens is 321 g/mol. The lowest BCUT2D eigenvalue weighted by Gasteiger charge is -2.13. The predicted molar refractivity (Wildman–Crippen MR) is 82.9 cm³/mol. The molecule has 0 saturated heterocycles. The molecule has 0 aromatic heterocycles. The van der Waals surface area contributed by atoms with Gasteiger partial charge in [-0.15, -0.1) is 0 Å². The molecule has 0 amide bonds. The Hall–Kier alpha value is -2.25. The van der Waals surface area contributed by atoms with Crippen molar-refractivity contribution in [2.24, 2.45) is 0 Å². The van der Waals surface area contributed by atoms with Gasteiger partial charge in [0.15, 0.2) is 0 Å². The Bertz CT molecular complexity index is 786. The average molecular weight is 337 g/mol. The molecule has 23 heavy (non-hydrogen) atoms. The van der Waals surface area contributed by atoms with E-state index in [0.717, 1.165) is 0 Å². The Morgan fingerprint density at radius 2 is 1.65 bits per heavy atom. The molecule has 0 aliphatic heterocycles. The first-order valence-electron chi connectivity index (χ1n) is 6.83. The molecule has 0 saturated carbocycles. The molecule has 1 unspecified atom stereocenters. The SMILES string of the molecule is CNS(=O)(=O)c1ccc(C(=O)OC(C)c2ccc(F)cc2)cc1. The van der Waals surface area contributed by atoms with Gasteiger partial charge in [-0.3, -0.25) is 0 Å². The average Bonchev–Trinajstić information content (AvgIpc) is 2.55. The summed E-state index contributed by atoms with van der Waals surface area (Å²) in [7, 11) is -2.24. The van der Waals surface area contributed by atoms with E-state index >= 15 is 0 Å². The number of hydrogen-bond donors (Lipinski definition) is 1. The summed E-state index contributed by atoms with van der Waals surface area (Å²) in [5, 5.41) is 0. The standard InChI is InChI=1S/C16H16FNO4S/c1-11(12-3-7-14(17)8-4-12)22-16(19)13-5-9-15(10-6-13)23(20,21)18-2/h3-11,18H,1-2H3. The number of ether oxygens (including phenoxy) is 1. The van der Waals surface area contributed by atoms with Crippen LogP contribution in [0.3, 0.4) is 0 Å². The highest BCUT2D eigenvalue weighted by molar-refractivity contribution is 7.89. The van der Waals surface area contributed by atoms with Gasteiger partial charge >= 0.3 is 5.97 Å². The number of halogens is 1. The van der Waals surface area contributed by atoms with Gasteiger partial charge in [-0.2, -0.15) is 0 Å². The molecule has 1 N–H and O–H groups in total. The topological polar surface area (TPSA) is 72.5 Å². The maximum absolute atomic E-state index is 12.9. The summed E-state index contributed by atoms with van der Waals surface area (Å²) in [4.78, 5) is 12.1. The van der Waals surface area contributed by atoms with E-state index in [-0.39, 0.29) is 16.3 Å². The van der Waals surface area contributed by atoms with Crippen LogP contribution in [0.1, 0.15) is 28.9 Å². The van der Waals surface area contributed by atoms with Crippen molar-refractivity contribution in [1.82, 2.24) is 4.72 Å². The number of hydrogen-bond acceptors (Lipinski definition) is 4. The van der Waals surface area contributed by atoms with Crippen LogP contribution in [0.5, 0.6) is 0 Å². The lowest BCUT2D eigenvalue weighted by molar-refractivity contribution is 0.0337. The second-order valence-electron chi connectivity index (χ2n) is 4.83. The van der Waals surface area contributed by atoms with Crippen molar-refractivity contribution in [3.8, 4) is 0 Å². The Morgan fingerprint density at radius 3 is 2.17 bits per heavy atom. The zero-order chi connectivity index (χ0) is 17.0. The summed E-state index contributed by atoms with van der Waals surface area (Å²) in [6.07, 6.45) is -0.552. The predicted octanol–water partition coefficient (Wildman–Crippen LogP) is 2.65. The van der Waals surface area contributed by atoms with E-state index in [1.165, 1.54) is 55.6 Å². The van der Waals surface area contributed by atoms with Gasteiger partial charge in [-0.05, 0) is 55.9 Å². The smallest absolute Gasteiger partial charge is 0.338 e. The van der Waals surface area contributed by atoms with Crippen molar-refractivity contribution in [2.75, 3.05) is 7.05 Å². The van der Waals surface area contributed by atoms with Crippen LogP contribution >= 0.6 is 0 Å². The van der Waals surface area contributed by atoms with Crippen molar-refractivity contribution < 1.29 is 22.3 Å². The highest BCUT2D eigenvalue weighted by Crippen LogP contribution is 2.19. The van der Waals surface area contributed by atoms with Crippen LogP contribution in [-0.4, -0.2) is 21.4 Å². The van der Waals surface area contributed by atoms with E-state index in [0.29, 0.717) is 5.56 Å². The summed E-state index contributed by atoms with van der Waals surface area (Å²) in [6, 6.07) is 11.1. The molecule has 2 aromatic carbocycles. The van der Waals surface area contributed by atoms with E-state index < -0.39 is 22.1 Å². The van der Waals surface area contributed by atoms with Gasteiger partial charge in [0.1, 0.15) is 11.9 Å². The third kappa shape index (κ3) is 4.14.